The number of halogens is 3. The Morgan fingerprint density at radius 1 is 0.972 bits per heavy atom. The van der Waals surface area contributed by atoms with Crippen LogP contribution in [0.25, 0.3) is 10.9 Å². The van der Waals surface area contributed by atoms with Crippen LogP contribution in [0, 0.1) is 0 Å². The molecule has 0 unspecified atom stereocenters. The number of aromatic carboxylic acids is 1. The average molecular weight is 606 g/mol. The fourth-order valence-corrected chi connectivity index (χ4v) is 5.90. The molecule has 0 atom stereocenters. The zero-order valence-corrected chi connectivity index (χ0v) is 23.5. The molecule has 1 N–H and O–H groups in total. The van der Waals surface area contributed by atoms with Crippen LogP contribution in [0.3, 0.4) is 0 Å². The second-order valence-electron chi connectivity index (χ2n) is 8.50. The largest absolute Gasteiger partial charge is 0.477 e. The standard InChI is InChI=1S/C27H23BrCl2N2O3S/c1-31(2)26(33)18-6-3-17(4-7-18)15-32-24-13-19(12-21(28)20(24)14-25(32)27(34)35)36-10-9-16-5-8-22(29)23(30)11-16/h3-8,11-14H,9-10,15H2,1-2H3,(H,34,35). The molecule has 0 spiro atoms. The topological polar surface area (TPSA) is 62.5 Å². The van der Waals surface area contributed by atoms with Crippen LogP contribution in [0.5, 0.6) is 0 Å². The van der Waals surface area contributed by atoms with Crippen molar-refractivity contribution in [3.63, 3.8) is 0 Å². The van der Waals surface area contributed by atoms with Gasteiger partial charge in [0.1, 0.15) is 5.69 Å². The van der Waals surface area contributed by atoms with Crippen molar-refractivity contribution in [3.05, 3.63) is 97.6 Å². The summed E-state index contributed by atoms with van der Waals surface area (Å²) in [6, 6.07) is 18.6. The highest BCUT2D eigenvalue weighted by molar-refractivity contribution is 9.10. The third kappa shape index (κ3) is 5.92. The highest BCUT2D eigenvalue weighted by Crippen LogP contribution is 2.34. The number of hydrogen-bond donors (Lipinski definition) is 1. The highest BCUT2D eigenvalue weighted by Gasteiger charge is 2.18. The first-order valence-electron chi connectivity index (χ1n) is 11.1. The summed E-state index contributed by atoms with van der Waals surface area (Å²) in [6.07, 6.45) is 0.816. The van der Waals surface area contributed by atoms with E-state index in [0.717, 1.165) is 43.6 Å². The van der Waals surface area contributed by atoms with E-state index in [4.69, 9.17) is 23.2 Å². The van der Waals surface area contributed by atoms with Crippen LogP contribution in [-0.2, 0) is 13.0 Å². The third-order valence-corrected chi connectivity index (χ3v) is 8.13. The van der Waals surface area contributed by atoms with Gasteiger partial charge in [-0.3, -0.25) is 4.79 Å². The molecule has 1 aromatic heterocycles. The molecule has 9 heteroatoms. The van der Waals surface area contributed by atoms with E-state index in [-0.39, 0.29) is 11.6 Å². The number of carboxylic acids is 1. The first kappa shape index (κ1) is 26.6. The van der Waals surface area contributed by atoms with Gasteiger partial charge in [0.05, 0.1) is 15.6 Å². The number of hydrogen-bond acceptors (Lipinski definition) is 3. The molecule has 4 rings (SSSR count). The number of nitrogens with zero attached hydrogens (tertiary/aromatic N) is 2. The van der Waals surface area contributed by atoms with E-state index in [1.54, 1.807) is 54.7 Å². The number of carboxylic acid groups (broad SMARTS) is 1. The van der Waals surface area contributed by atoms with E-state index in [0.29, 0.717) is 22.2 Å². The Balaban J connectivity index is 1.60. The van der Waals surface area contributed by atoms with E-state index < -0.39 is 5.97 Å². The molecule has 4 aromatic rings. The quantitative estimate of drug-likeness (QED) is 0.211. The van der Waals surface area contributed by atoms with E-state index in [9.17, 15) is 14.7 Å². The van der Waals surface area contributed by atoms with Crippen LogP contribution in [-0.4, -0.2) is 46.3 Å². The van der Waals surface area contributed by atoms with E-state index in [2.05, 4.69) is 15.9 Å². The molecule has 36 heavy (non-hydrogen) atoms. The molecule has 186 valence electrons. The lowest BCUT2D eigenvalue weighted by Crippen LogP contribution is -2.21. The van der Waals surface area contributed by atoms with Gasteiger partial charge in [0.15, 0.2) is 0 Å². The van der Waals surface area contributed by atoms with Gasteiger partial charge in [-0.05, 0) is 60.0 Å². The van der Waals surface area contributed by atoms with Crippen LogP contribution in [0.1, 0.15) is 32.0 Å². The Hall–Kier alpha value is -2.45. The van der Waals surface area contributed by atoms with Gasteiger partial charge >= 0.3 is 5.97 Å². The molecule has 0 saturated carbocycles. The maximum Gasteiger partial charge on any atom is 0.352 e. The average Bonchev–Trinajstić information content (AvgIpc) is 3.20. The Bertz CT molecular complexity index is 1450. The molecule has 0 aliphatic heterocycles. The second kappa shape index (κ2) is 11.3. The van der Waals surface area contributed by atoms with Crippen LogP contribution in [0.2, 0.25) is 10.0 Å². The minimum absolute atomic E-state index is 0.0781. The molecule has 3 aromatic carbocycles. The SMILES string of the molecule is CN(C)C(=O)c1ccc(Cn2c(C(=O)O)cc3c(Br)cc(SCCc4ccc(Cl)c(Cl)c4)cc32)cc1. The molecular formula is C27H23BrCl2N2O3S. The lowest BCUT2D eigenvalue weighted by atomic mass is 10.1. The van der Waals surface area contributed by atoms with Gasteiger partial charge in [-0.15, -0.1) is 11.8 Å². The number of carbonyl (C=O) groups is 2. The van der Waals surface area contributed by atoms with Gasteiger partial charge in [0.2, 0.25) is 0 Å². The Morgan fingerprint density at radius 2 is 1.67 bits per heavy atom. The summed E-state index contributed by atoms with van der Waals surface area (Å²) in [4.78, 5) is 26.8. The summed E-state index contributed by atoms with van der Waals surface area (Å²) in [5.74, 6) is -0.249. The summed E-state index contributed by atoms with van der Waals surface area (Å²) in [7, 11) is 3.42. The zero-order chi connectivity index (χ0) is 26.0. The summed E-state index contributed by atoms with van der Waals surface area (Å²) in [6.45, 7) is 0.366. The summed E-state index contributed by atoms with van der Waals surface area (Å²) >= 11 is 17.5. The number of amides is 1. The van der Waals surface area contributed by atoms with Crippen LogP contribution in [0.15, 0.2) is 70.0 Å². The number of aromatic nitrogens is 1. The van der Waals surface area contributed by atoms with E-state index in [1.807, 2.05) is 36.4 Å². The van der Waals surface area contributed by atoms with Crippen molar-refractivity contribution in [1.82, 2.24) is 9.47 Å². The second-order valence-corrected chi connectivity index (χ2v) is 11.3. The Morgan fingerprint density at radius 3 is 2.31 bits per heavy atom. The van der Waals surface area contributed by atoms with Gasteiger partial charge in [-0.2, -0.15) is 0 Å². The fourth-order valence-electron chi connectivity index (χ4n) is 3.90. The molecule has 1 amide bonds. The summed E-state index contributed by atoms with van der Waals surface area (Å²) in [5.41, 5.74) is 3.62. The summed E-state index contributed by atoms with van der Waals surface area (Å²) in [5, 5.41) is 11.8. The first-order valence-corrected chi connectivity index (χ1v) is 13.6. The number of rotatable bonds is 8. The molecule has 5 nitrogen and oxygen atoms in total. The van der Waals surface area contributed by atoms with Crippen molar-refractivity contribution in [1.29, 1.82) is 0 Å². The predicted molar refractivity (Wildman–Crippen MR) is 151 cm³/mol. The van der Waals surface area contributed by atoms with Crippen LogP contribution >= 0.6 is 50.9 Å². The van der Waals surface area contributed by atoms with Gasteiger partial charge < -0.3 is 14.6 Å². The minimum Gasteiger partial charge on any atom is -0.477 e. The molecule has 0 fully saturated rings. The maximum absolute atomic E-state index is 12.2. The molecule has 0 radical (unpaired) electrons. The van der Waals surface area contributed by atoms with Gasteiger partial charge in [-0.25, -0.2) is 4.79 Å². The van der Waals surface area contributed by atoms with Gasteiger partial charge in [0.25, 0.3) is 5.91 Å². The van der Waals surface area contributed by atoms with Gasteiger partial charge in [-0.1, -0.05) is 57.3 Å². The first-order chi connectivity index (χ1) is 17.1. The number of benzene rings is 3. The molecule has 0 aliphatic rings. The Labute approximate surface area is 232 Å². The van der Waals surface area contributed by atoms with Crippen LogP contribution in [0.4, 0.5) is 0 Å². The zero-order valence-electron chi connectivity index (χ0n) is 19.6. The van der Waals surface area contributed by atoms with Crippen molar-refractivity contribution in [3.8, 4) is 0 Å². The van der Waals surface area contributed by atoms with Gasteiger partial charge in [0, 0.05) is 46.7 Å². The normalized spacial score (nSPS) is 11.1. The lowest BCUT2D eigenvalue weighted by molar-refractivity contribution is 0.0685. The maximum atomic E-state index is 12.2. The number of carbonyl (C=O) groups excluding carboxylic acids is 1. The van der Waals surface area contributed by atoms with Crippen molar-refractivity contribution in [2.45, 2.75) is 17.9 Å². The van der Waals surface area contributed by atoms with E-state index >= 15 is 0 Å². The monoisotopic (exact) mass is 604 g/mol. The highest BCUT2D eigenvalue weighted by atomic mass is 79.9. The molecular weight excluding hydrogens is 583 g/mol. The van der Waals surface area contributed by atoms with Crippen molar-refractivity contribution >= 4 is 73.7 Å². The molecule has 0 saturated heterocycles. The summed E-state index contributed by atoms with van der Waals surface area (Å²) < 4.78 is 2.64. The van der Waals surface area contributed by atoms with Crippen molar-refractivity contribution in [2.75, 3.05) is 19.8 Å². The smallest absolute Gasteiger partial charge is 0.352 e. The number of thioether (sulfide) groups is 1. The Kier molecular flexibility index (Phi) is 8.35. The van der Waals surface area contributed by atoms with Crippen molar-refractivity contribution in [2.24, 2.45) is 0 Å². The van der Waals surface area contributed by atoms with Crippen molar-refractivity contribution < 1.29 is 14.7 Å². The lowest BCUT2D eigenvalue weighted by Gasteiger charge is -2.12. The minimum atomic E-state index is -0.994. The molecule has 1 heterocycles. The van der Waals surface area contributed by atoms with E-state index in [1.165, 1.54) is 4.90 Å². The predicted octanol–water partition coefficient (Wildman–Crippen LogP) is 7.49. The fraction of sp³-hybridized carbons (Fsp3) is 0.185. The molecule has 0 aliphatic carbocycles. The number of aryl methyl sites for hydroxylation is 1. The third-order valence-electron chi connectivity index (χ3n) is 5.75. The number of fused-ring (bicyclic) bond motifs is 1. The van der Waals surface area contributed by atoms with Crippen LogP contribution < -0.4 is 0 Å². The molecule has 0 bridgehead atoms.